The summed E-state index contributed by atoms with van der Waals surface area (Å²) in [6.45, 7) is 3.40. The number of H-pyrrole nitrogens is 1. The number of nitrogens with two attached hydrogens (primary N) is 1. The Hall–Kier alpha value is -3.63. The number of hydrogen-bond acceptors (Lipinski definition) is 7. The predicted octanol–water partition coefficient (Wildman–Crippen LogP) is 1.26. The lowest BCUT2D eigenvalue weighted by Gasteiger charge is -2.23. The summed E-state index contributed by atoms with van der Waals surface area (Å²) >= 11 is 0. The highest BCUT2D eigenvalue weighted by Gasteiger charge is 2.24. The molecule has 11 heteroatoms. The van der Waals surface area contributed by atoms with Gasteiger partial charge in [-0.25, -0.2) is 4.79 Å². The summed E-state index contributed by atoms with van der Waals surface area (Å²) in [7, 11) is 0. The Balaban J connectivity index is 2.32. The van der Waals surface area contributed by atoms with Crippen molar-refractivity contribution in [3.8, 4) is 5.75 Å². The highest BCUT2D eigenvalue weighted by molar-refractivity contribution is 5.96. The number of amides is 1. The Morgan fingerprint density at radius 3 is 2.62 bits per heavy atom. The third kappa shape index (κ3) is 4.81. The first-order valence-electron chi connectivity index (χ1n) is 9.10. The van der Waals surface area contributed by atoms with E-state index in [1.807, 2.05) is 6.92 Å². The Kier molecular flexibility index (Phi) is 7.12. The number of nitrogens with zero attached hydrogens (tertiary/aromatic N) is 3. The van der Waals surface area contributed by atoms with E-state index in [2.05, 4.69) is 4.98 Å². The first kappa shape index (κ1) is 21.7. The Morgan fingerprint density at radius 1 is 1.31 bits per heavy atom. The normalized spacial score (nSPS) is 10.6. The van der Waals surface area contributed by atoms with Gasteiger partial charge in [0.25, 0.3) is 11.5 Å². The van der Waals surface area contributed by atoms with Crippen molar-refractivity contribution in [2.45, 2.75) is 33.2 Å². The van der Waals surface area contributed by atoms with Crippen LogP contribution in [-0.2, 0) is 11.3 Å². The number of para-hydroxylation sites is 2. The maximum atomic E-state index is 12.7. The molecular formula is C18H23N5O6. The van der Waals surface area contributed by atoms with Gasteiger partial charge in [-0.2, -0.15) is 0 Å². The number of benzene rings is 1. The van der Waals surface area contributed by atoms with Crippen LogP contribution in [0, 0.1) is 10.1 Å². The van der Waals surface area contributed by atoms with Crippen molar-refractivity contribution in [1.82, 2.24) is 9.55 Å². The molecule has 0 bridgehead atoms. The molecule has 0 radical (unpaired) electrons. The van der Waals surface area contributed by atoms with Gasteiger partial charge in [-0.1, -0.05) is 25.5 Å². The molecule has 11 nitrogen and oxygen atoms in total. The van der Waals surface area contributed by atoms with Gasteiger partial charge in [0.1, 0.15) is 5.82 Å². The summed E-state index contributed by atoms with van der Waals surface area (Å²) in [5.74, 6) is -0.826. The third-order valence-electron chi connectivity index (χ3n) is 4.25. The smallest absolute Gasteiger partial charge is 0.330 e. The number of carbonyl (C=O) groups is 1. The number of unbranched alkanes of at least 4 members (excludes halogenated alkanes) is 1. The van der Waals surface area contributed by atoms with Crippen LogP contribution in [0.1, 0.15) is 26.7 Å². The first-order valence-corrected chi connectivity index (χ1v) is 9.10. The maximum Gasteiger partial charge on any atom is 0.330 e. The first-order chi connectivity index (χ1) is 13.8. The van der Waals surface area contributed by atoms with E-state index in [0.29, 0.717) is 13.0 Å². The van der Waals surface area contributed by atoms with Crippen LogP contribution in [0.3, 0.4) is 0 Å². The lowest BCUT2D eigenvalue weighted by Crippen LogP contribution is -2.42. The average Bonchev–Trinajstić information content (AvgIpc) is 2.69. The van der Waals surface area contributed by atoms with Crippen molar-refractivity contribution < 1.29 is 14.5 Å². The van der Waals surface area contributed by atoms with Crippen LogP contribution in [0.4, 0.5) is 17.2 Å². The van der Waals surface area contributed by atoms with Crippen LogP contribution >= 0.6 is 0 Å². The van der Waals surface area contributed by atoms with Gasteiger partial charge in [-0.15, -0.1) is 0 Å². The fourth-order valence-electron chi connectivity index (χ4n) is 2.78. The van der Waals surface area contributed by atoms with Crippen molar-refractivity contribution in [3.05, 3.63) is 55.2 Å². The highest BCUT2D eigenvalue weighted by Crippen LogP contribution is 2.26. The van der Waals surface area contributed by atoms with Crippen LogP contribution in [0.2, 0.25) is 0 Å². The molecule has 1 amide bonds. The number of aromatic amines is 1. The fraction of sp³-hybridized carbons (Fsp3) is 0.389. The number of nitro groups is 1. The molecule has 0 saturated carbocycles. The van der Waals surface area contributed by atoms with E-state index in [4.69, 9.17) is 10.5 Å². The van der Waals surface area contributed by atoms with E-state index in [1.165, 1.54) is 28.8 Å². The Bertz CT molecular complexity index is 1010. The van der Waals surface area contributed by atoms with Crippen molar-refractivity contribution >= 4 is 23.1 Å². The zero-order valence-corrected chi connectivity index (χ0v) is 16.2. The topological polar surface area (TPSA) is 154 Å². The van der Waals surface area contributed by atoms with E-state index in [9.17, 15) is 24.5 Å². The summed E-state index contributed by atoms with van der Waals surface area (Å²) < 4.78 is 6.52. The van der Waals surface area contributed by atoms with E-state index in [0.717, 1.165) is 11.3 Å². The molecule has 3 N–H and O–H groups in total. The molecule has 1 aromatic carbocycles. The van der Waals surface area contributed by atoms with Gasteiger partial charge in [0, 0.05) is 19.2 Å². The molecule has 0 saturated heterocycles. The average molecular weight is 405 g/mol. The van der Waals surface area contributed by atoms with E-state index >= 15 is 0 Å². The van der Waals surface area contributed by atoms with Crippen LogP contribution in [0.5, 0.6) is 5.75 Å². The molecule has 0 unspecified atom stereocenters. The summed E-state index contributed by atoms with van der Waals surface area (Å²) in [6, 6.07) is 5.64. The molecule has 2 aromatic rings. The van der Waals surface area contributed by atoms with Gasteiger partial charge in [0.05, 0.1) is 4.92 Å². The summed E-state index contributed by atoms with van der Waals surface area (Å²) in [5, 5.41) is 11.1. The Labute approximate surface area is 165 Å². The number of nitrogen functional groups attached to an aromatic ring is 1. The minimum atomic E-state index is -0.791. The highest BCUT2D eigenvalue weighted by atomic mass is 16.6. The number of ether oxygens (including phenoxy) is 1. The molecule has 0 fully saturated rings. The lowest BCUT2D eigenvalue weighted by atomic mass is 10.3. The number of anilines is 2. The second kappa shape index (κ2) is 9.53. The molecule has 0 atom stereocenters. The van der Waals surface area contributed by atoms with Gasteiger partial charge in [-0.05, 0) is 19.4 Å². The van der Waals surface area contributed by atoms with Gasteiger partial charge < -0.3 is 15.4 Å². The van der Waals surface area contributed by atoms with Crippen LogP contribution < -0.4 is 26.6 Å². The van der Waals surface area contributed by atoms with Gasteiger partial charge in [0.15, 0.2) is 18.0 Å². The predicted molar refractivity (Wildman–Crippen MR) is 107 cm³/mol. The number of rotatable bonds is 9. The summed E-state index contributed by atoms with van der Waals surface area (Å²) in [4.78, 5) is 50.8. The SMILES string of the molecule is CCCCn1c(N)c(N(CC)C(=O)COc2ccccc2[N+](=O)[O-])c(=O)[nH]c1=O. The maximum absolute atomic E-state index is 12.7. The number of carbonyl (C=O) groups excluding carboxylic acids is 1. The molecule has 0 aliphatic heterocycles. The van der Waals surface area contributed by atoms with Gasteiger partial charge >= 0.3 is 11.4 Å². The van der Waals surface area contributed by atoms with Crippen molar-refractivity contribution in [1.29, 1.82) is 0 Å². The molecule has 29 heavy (non-hydrogen) atoms. The quantitative estimate of drug-likeness (QED) is 0.470. The molecule has 1 aromatic heterocycles. The molecule has 156 valence electrons. The molecule has 0 aliphatic rings. The van der Waals surface area contributed by atoms with Crippen LogP contribution in [-0.4, -0.2) is 33.5 Å². The number of nitrogens with one attached hydrogen (secondary N) is 1. The molecule has 0 aliphatic carbocycles. The van der Waals surface area contributed by atoms with Crippen molar-refractivity contribution in [2.24, 2.45) is 0 Å². The molecule has 0 spiro atoms. The van der Waals surface area contributed by atoms with E-state index in [-0.39, 0.29) is 29.5 Å². The summed E-state index contributed by atoms with van der Waals surface area (Å²) in [5.41, 5.74) is 4.15. The van der Waals surface area contributed by atoms with Crippen LogP contribution in [0.25, 0.3) is 0 Å². The number of likely N-dealkylation sites (N-methyl/N-ethyl adjacent to an activating group) is 1. The van der Waals surface area contributed by atoms with E-state index in [1.54, 1.807) is 6.92 Å². The lowest BCUT2D eigenvalue weighted by molar-refractivity contribution is -0.385. The third-order valence-corrected chi connectivity index (χ3v) is 4.25. The largest absolute Gasteiger partial charge is 0.477 e. The van der Waals surface area contributed by atoms with Crippen molar-refractivity contribution in [2.75, 3.05) is 23.8 Å². The minimum Gasteiger partial charge on any atom is -0.477 e. The molecule has 1 heterocycles. The molecular weight excluding hydrogens is 382 g/mol. The fourth-order valence-corrected chi connectivity index (χ4v) is 2.78. The number of aromatic nitrogens is 2. The number of nitro benzene ring substituents is 1. The standard InChI is InChI=1S/C18H23N5O6/c1-3-5-10-22-16(19)15(17(25)20-18(22)26)21(4-2)14(24)11-29-13-9-7-6-8-12(13)23(27)28/h6-9H,3-5,10-11,19H2,1-2H3,(H,20,25,26). The van der Waals surface area contributed by atoms with Gasteiger partial charge in [-0.3, -0.25) is 29.3 Å². The minimum absolute atomic E-state index is 0.0725. The zero-order valence-electron chi connectivity index (χ0n) is 16.2. The van der Waals surface area contributed by atoms with E-state index < -0.39 is 28.7 Å². The monoisotopic (exact) mass is 405 g/mol. The zero-order chi connectivity index (χ0) is 21.6. The second-order valence-electron chi connectivity index (χ2n) is 6.15. The van der Waals surface area contributed by atoms with Crippen LogP contribution in [0.15, 0.2) is 33.9 Å². The van der Waals surface area contributed by atoms with Gasteiger partial charge in [0.2, 0.25) is 0 Å². The number of hydrogen-bond donors (Lipinski definition) is 2. The van der Waals surface area contributed by atoms with Crippen molar-refractivity contribution in [3.63, 3.8) is 0 Å². The Morgan fingerprint density at radius 2 is 2.00 bits per heavy atom. The second-order valence-corrected chi connectivity index (χ2v) is 6.15. The summed E-state index contributed by atoms with van der Waals surface area (Å²) in [6.07, 6.45) is 1.47. The molecule has 2 rings (SSSR count).